The number of carbonyl (C=O) groups is 2. The van der Waals surface area contributed by atoms with Crippen LogP contribution >= 0.6 is 11.6 Å². The molecular formula is C26H19ClN2O4. The molecule has 2 amide bonds. The van der Waals surface area contributed by atoms with Crippen molar-refractivity contribution in [3.05, 3.63) is 95.0 Å². The zero-order valence-corrected chi connectivity index (χ0v) is 18.2. The number of halogens is 1. The molecule has 6 nitrogen and oxygen atoms in total. The lowest BCUT2D eigenvalue weighted by atomic mass is 10.0. The molecule has 0 radical (unpaired) electrons. The number of ether oxygens (including phenoxy) is 2. The van der Waals surface area contributed by atoms with Gasteiger partial charge in [-0.25, -0.2) is 4.79 Å². The van der Waals surface area contributed by atoms with Crippen molar-refractivity contribution < 1.29 is 19.1 Å². The van der Waals surface area contributed by atoms with Crippen LogP contribution in [0.5, 0.6) is 11.5 Å². The normalized spacial score (nSPS) is 12.3. The first kappa shape index (κ1) is 20.8. The van der Waals surface area contributed by atoms with Crippen molar-refractivity contribution in [1.29, 1.82) is 0 Å². The van der Waals surface area contributed by atoms with Crippen LogP contribution in [0.1, 0.15) is 15.9 Å². The van der Waals surface area contributed by atoms with Crippen molar-refractivity contribution in [2.75, 3.05) is 23.8 Å². The number of amides is 2. The summed E-state index contributed by atoms with van der Waals surface area (Å²) in [6, 6.07) is 22.7. The molecule has 0 bridgehead atoms. The second kappa shape index (κ2) is 8.84. The molecule has 2 N–H and O–H groups in total. The van der Waals surface area contributed by atoms with Gasteiger partial charge in [-0.2, -0.15) is 0 Å². The van der Waals surface area contributed by atoms with Crippen molar-refractivity contribution in [2.45, 2.75) is 0 Å². The van der Waals surface area contributed by atoms with Crippen LogP contribution < -0.4 is 20.1 Å². The first-order valence-electron chi connectivity index (χ1n) is 10.4. The molecule has 0 spiro atoms. The summed E-state index contributed by atoms with van der Waals surface area (Å²) in [7, 11) is 0. The minimum absolute atomic E-state index is 0.274. The molecule has 0 aromatic heterocycles. The van der Waals surface area contributed by atoms with Crippen LogP contribution in [0.25, 0.3) is 10.8 Å². The number of ketones is 1. The molecule has 0 saturated heterocycles. The van der Waals surface area contributed by atoms with Gasteiger partial charge < -0.3 is 20.1 Å². The Labute approximate surface area is 195 Å². The molecule has 7 heteroatoms. The highest BCUT2D eigenvalue weighted by atomic mass is 35.5. The summed E-state index contributed by atoms with van der Waals surface area (Å²) >= 11 is 5.96. The first-order chi connectivity index (χ1) is 16.1. The summed E-state index contributed by atoms with van der Waals surface area (Å²) in [6.45, 7) is 0.773. The number of urea groups is 1. The highest BCUT2D eigenvalue weighted by molar-refractivity contribution is 6.30. The minimum Gasteiger partial charge on any atom is -0.486 e. The molecule has 0 aliphatic carbocycles. The molecule has 33 heavy (non-hydrogen) atoms. The Bertz CT molecular complexity index is 1360. The summed E-state index contributed by atoms with van der Waals surface area (Å²) in [4.78, 5) is 26.2. The fraction of sp³-hybridized carbons (Fsp3) is 0.0769. The van der Waals surface area contributed by atoms with E-state index in [-0.39, 0.29) is 11.3 Å². The van der Waals surface area contributed by atoms with Gasteiger partial charge in [0.2, 0.25) is 0 Å². The van der Waals surface area contributed by atoms with E-state index in [4.69, 9.17) is 21.1 Å². The molecule has 5 rings (SSSR count). The maximum absolute atomic E-state index is 13.3. The number of carbonyl (C=O) groups excluding carboxylic acids is 2. The van der Waals surface area contributed by atoms with Gasteiger partial charge in [0, 0.05) is 22.0 Å². The van der Waals surface area contributed by atoms with Crippen LogP contribution in [0.15, 0.2) is 78.9 Å². The molecule has 0 saturated carbocycles. The number of hydrogen-bond acceptors (Lipinski definition) is 4. The molecule has 1 aliphatic rings. The lowest BCUT2D eigenvalue weighted by Crippen LogP contribution is -2.22. The molecule has 0 fully saturated rings. The minimum atomic E-state index is -0.479. The number of hydrogen-bond donors (Lipinski definition) is 2. The lowest BCUT2D eigenvalue weighted by Gasteiger charge is -2.21. The highest BCUT2D eigenvalue weighted by Crippen LogP contribution is 2.37. The predicted octanol–water partition coefficient (Wildman–Crippen LogP) is 6.14. The van der Waals surface area contributed by atoms with Crippen molar-refractivity contribution in [3.63, 3.8) is 0 Å². The summed E-state index contributed by atoms with van der Waals surface area (Å²) in [5, 5.41) is 8.13. The zero-order valence-electron chi connectivity index (χ0n) is 17.4. The summed E-state index contributed by atoms with van der Waals surface area (Å²) in [5.74, 6) is 0.650. The second-order valence-electron chi connectivity index (χ2n) is 7.48. The molecule has 164 valence electrons. The number of fused-ring (bicyclic) bond motifs is 2. The maximum atomic E-state index is 13.3. The number of rotatable bonds is 4. The Kier molecular flexibility index (Phi) is 5.59. The third-order valence-electron chi connectivity index (χ3n) is 5.32. The van der Waals surface area contributed by atoms with E-state index < -0.39 is 6.03 Å². The highest BCUT2D eigenvalue weighted by Gasteiger charge is 2.22. The molecule has 0 atom stereocenters. The van der Waals surface area contributed by atoms with E-state index in [0.717, 1.165) is 10.8 Å². The topological polar surface area (TPSA) is 76.7 Å². The van der Waals surface area contributed by atoms with E-state index in [1.807, 2.05) is 42.5 Å². The SMILES string of the molecule is O=C(Nc1cc2c(cc1C(=O)c1ccc(Cl)cc1)OCCO2)Nc1cccc2ccccc12. The van der Waals surface area contributed by atoms with Gasteiger partial charge in [-0.3, -0.25) is 4.79 Å². The van der Waals surface area contributed by atoms with Gasteiger partial charge in [-0.1, -0.05) is 48.0 Å². The van der Waals surface area contributed by atoms with Crippen LogP contribution in [-0.4, -0.2) is 25.0 Å². The standard InChI is InChI=1S/C26H19ClN2O4/c27-18-10-8-17(9-11-18)25(30)20-14-23-24(33-13-12-32-23)15-22(20)29-26(31)28-21-7-3-5-16-4-1-2-6-19(16)21/h1-11,14-15H,12-13H2,(H2,28,29,31). The lowest BCUT2D eigenvalue weighted by molar-refractivity contribution is 0.103. The van der Waals surface area contributed by atoms with Gasteiger partial charge in [0.15, 0.2) is 17.3 Å². The number of anilines is 2. The Morgan fingerprint density at radius 1 is 0.758 bits per heavy atom. The van der Waals surface area contributed by atoms with Gasteiger partial charge in [-0.15, -0.1) is 0 Å². The van der Waals surface area contributed by atoms with Crippen molar-refractivity contribution in [1.82, 2.24) is 0 Å². The Balaban J connectivity index is 1.48. The molecular weight excluding hydrogens is 440 g/mol. The Morgan fingerprint density at radius 2 is 1.42 bits per heavy atom. The summed E-state index contributed by atoms with van der Waals surface area (Å²) in [5.41, 5.74) is 1.70. The predicted molar refractivity (Wildman–Crippen MR) is 129 cm³/mol. The average molecular weight is 459 g/mol. The monoisotopic (exact) mass is 458 g/mol. The third-order valence-corrected chi connectivity index (χ3v) is 5.57. The molecule has 4 aromatic carbocycles. The zero-order chi connectivity index (χ0) is 22.8. The molecule has 0 unspecified atom stereocenters. The van der Waals surface area contributed by atoms with Crippen LogP contribution in [0.4, 0.5) is 16.2 Å². The number of benzene rings is 4. The van der Waals surface area contributed by atoms with Crippen molar-refractivity contribution >= 4 is 45.6 Å². The average Bonchev–Trinajstić information content (AvgIpc) is 2.84. The van der Waals surface area contributed by atoms with E-state index in [1.54, 1.807) is 36.4 Å². The fourth-order valence-electron chi connectivity index (χ4n) is 3.75. The first-order valence-corrected chi connectivity index (χ1v) is 10.8. The molecule has 4 aromatic rings. The van der Waals surface area contributed by atoms with Crippen LogP contribution in [0, 0.1) is 0 Å². The van der Waals surface area contributed by atoms with E-state index in [9.17, 15) is 9.59 Å². The second-order valence-corrected chi connectivity index (χ2v) is 7.92. The fourth-order valence-corrected chi connectivity index (χ4v) is 3.87. The van der Waals surface area contributed by atoms with Crippen LogP contribution in [0.2, 0.25) is 5.02 Å². The van der Waals surface area contributed by atoms with Gasteiger partial charge in [-0.05, 0) is 41.8 Å². The van der Waals surface area contributed by atoms with Crippen LogP contribution in [0.3, 0.4) is 0 Å². The number of nitrogens with one attached hydrogen (secondary N) is 2. The Hall–Kier alpha value is -4.03. The Morgan fingerprint density at radius 3 is 2.21 bits per heavy atom. The van der Waals surface area contributed by atoms with Crippen molar-refractivity contribution in [2.24, 2.45) is 0 Å². The smallest absolute Gasteiger partial charge is 0.323 e. The largest absolute Gasteiger partial charge is 0.486 e. The van der Waals surface area contributed by atoms with E-state index >= 15 is 0 Å². The quantitative estimate of drug-likeness (QED) is 0.360. The van der Waals surface area contributed by atoms with Gasteiger partial charge in [0.05, 0.1) is 16.9 Å². The van der Waals surface area contributed by atoms with Gasteiger partial charge >= 0.3 is 6.03 Å². The maximum Gasteiger partial charge on any atom is 0.323 e. The van der Waals surface area contributed by atoms with E-state index in [0.29, 0.717) is 46.7 Å². The summed E-state index contributed by atoms with van der Waals surface area (Å²) < 4.78 is 11.3. The van der Waals surface area contributed by atoms with E-state index in [2.05, 4.69) is 10.6 Å². The van der Waals surface area contributed by atoms with Gasteiger partial charge in [0.1, 0.15) is 13.2 Å². The van der Waals surface area contributed by atoms with Crippen LogP contribution in [-0.2, 0) is 0 Å². The van der Waals surface area contributed by atoms with E-state index in [1.165, 1.54) is 0 Å². The van der Waals surface area contributed by atoms with Gasteiger partial charge in [0.25, 0.3) is 0 Å². The van der Waals surface area contributed by atoms with Crippen molar-refractivity contribution in [3.8, 4) is 11.5 Å². The molecule has 1 heterocycles. The third kappa shape index (κ3) is 4.33. The molecule has 1 aliphatic heterocycles. The summed E-state index contributed by atoms with van der Waals surface area (Å²) in [6.07, 6.45) is 0.